The van der Waals surface area contributed by atoms with Gasteiger partial charge in [-0.15, -0.1) is 11.3 Å². The van der Waals surface area contributed by atoms with Gasteiger partial charge >= 0.3 is 0 Å². The molecule has 8 heteroatoms. The van der Waals surface area contributed by atoms with E-state index in [2.05, 4.69) is 21.2 Å². The largest absolute Gasteiger partial charge is 0.492 e. The summed E-state index contributed by atoms with van der Waals surface area (Å²) in [7, 11) is 1.83. The molecule has 2 amide bonds. The topological polar surface area (TPSA) is 84.7 Å². The van der Waals surface area contributed by atoms with Crippen molar-refractivity contribution in [3.8, 4) is 5.75 Å². The second kappa shape index (κ2) is 8.81. The highest BCUT2D eigenvalue weighted by Crippen LogP contribution is 2.22. The molecular formula is C16H18BrN3O3S. The zero-order valence-electron chi connectivity index (χ0n) is 13.1. The van der Waals surface area contributed by atoms with E-state index in [9.17, 15) is 9.59 Å². The normalized spacial score (nSPS) is 10.6. The van der Waals surface area contributed by atoms with Gasteiger partial charge in [0, 0.05) is 11.0 Å². The molecule has 1 aromatic carbocycles. The predicted molar refractivity (Wildman–Crippen MR) is 98.6 cm³/mol. The van der Waals surface area contributed by atoms with Gasteiger partial charge in [0.15, 0.2) is 0 Å². The SMILES string of the molecule is CN(CCOc1ccc(Br)cc1)CC(=O)Nc1sccc1C(N)=O. The van der Waals surface area contributed by atoms with Crippen molar-refractivity contribution in [2.45, 2.75) is 0 Å². The van der Waals surface area contributed by atoms with E-state index in [1.165, 1.54) is 11.3 Å². The fraction of sp³-hybridized carbons (Fsp3) is 0.250. The summed E-state index contributed by atoms with van der Waals surface area (Å²) >= 11 is 4.64. The lowest BCUT2D eigenvalue weighted by Gasteiger charge is -2.16. The summed E-state index contributed by atoms with van der Waals surface area (Å²) in [6.07, 6.45) is 0. The van der Waals surface area contributed by atoms with Gasteiger partial charge in [-0.2, -0.15) is 0 Å². The molecule has 0 unspecified atom stereocenters. The predicted octanol–water partition coefficient (Wildman–Crippen LogP) is 2.56. The molecule has 0 spiro atoms. The molecule has 1 heterocycles. The van der Waals surface area contributed by atoms with Crippen molar-refractivity contribution < 1.29 is 14.3 Å². The number of halogens is 1. The number of ether oxygens (including phenoxy) is 1. The Morgan fingerprint density at radius 1 is 1.29 bits per heavy atom. The van der Waals surface area contributed by atoms with Crippen molar-refractivity contribution in [2.75, 3.05) is 32.1 Å². The van der Waals surface area contributed by atoms with Crippen molar-refractivity contribution in [1.82, 2.24) is 4.90 Å². The molecule has 2 rings (SSSR count). The maximum Gasteiger partial charge on any atom is 0.251 e. The zero-order chi connectivity index (χ0) is 17.5. The van der Waals surface area contributed by atoms with E-state index < -0.39 is 5.91 Å². The number of carbonyl (C=O) groups is 2. The number of hydrogen-bond donors (Lipinski definition) is 2. The highest BCUT2D eigenvalue weighted by Gasteiger charge is 2.13. The summed E-state index contributed by atoms with van der Waals surface area (Å²) in [6.45, 7) is 1.26. The number of amides is 2. The fourth-order valence-electron chi connectivity index (χ4n) is 1.94. The number of nitrogens with two attached hydrogens (primary N) is 1. The molecule has 0 fully saturated rings. The summed E-state index contributed by atoms with van der Waals surface area (Å²) in [5.41, 5.74) is 5.58. The van der Waals surface area contributed by atoms with Crippen LogP contribution in [0.3, 0.4) is 0 Å². The van der Waals surface area contributed by atoms with Crippen molar-refractivity contribution in [3.63, 3.8) is 0 Å². The summed E-state index contributed by atoms with van der Waals surface area (Å²) < 4.78 is 6.61. The summed E-state index contributed by atoms with van der Waals surface area (Å²) in [5, 5.41) is 4.90. The highest BCUT2D eigenvalue weighted by atomic mass is 79.9. The Kier molecular flexibility index (Phi) is 6.77. The van der Waals surface area contributed by atoms with Crippen LogP contribution in [-0.2, 0) is 4.79 Å². The van der Waals surface area contributed by atoms with Crippen molar-refractivity contribution in [2.24, 2.45) is 5.73 Å². The molecule has 0 atom stereocenters. The van der Waals surface area contributed by atoms with Gasteiger partial charge in [-0.25, -0.2) is 0 Å². The summed E-state index contributed by atoms with van der Waals surface area (Å²) in [4.78, 5) is 25.1. The van der Waals surface area contributed by atoms with Crippen LogP contribution in [0.25, 0.3) is 0 Å². The molecule has 0 aliphatic rings. The van der Waals surface area contributed by atoms with Gasteiger partial charge in [0.1, 0.15) is 17.4 Å². The maximum absolute atomic E-state index is 12.0. The summed E-state index contributed by atoms with van der Waals surface area (Å²) in [6, 6.07) is 9.16. The monoisotopic (exact) mass is 411 g/mol. The number of primary amides is 1. The Balaban J connectivity index is 1.74. The van der Waals surface area contributed by atoms with Crippen LogP contribution in [0.1, 0.15) is 10.4 Å². The molecule has 0 bridgehead atoms. The van der Waals surface area contributed by atoms with E-state index in [-0.39, 0.29) is 12.5 Å². The number of nitrogens with zero attached hydrogens (tertiary/aromatic N) is 1. The number of carbonyl (C=O) groups excluding carboxylic acids is 2. The second-order valence-electron chi connectivity index (χ2n) is 5.12. The van der Waals surface area contributed by atoms with Crippen LogP contribution in [-0.4, -0.2) is 43.5 Å². The van der Waals surface area contributed by atoms with Gasteiger partial charge in [-0.1, -0.05) is 15.9 Å². The average molecular weight is 412 g/mol. The van der Waals surface area contributed by atoms with Crippen LogP contribution >= 0.6 is 27.3 Å². The maximum atomic E-state index is 12.0. The molecule has 6 nitrogen and oxygen atoms in total. The number of nitrogens with one attached hydrogen (secondary N) is 1. The molecular weight excluding hydrogens is 394 g/mol. The number of thiophene rings is 1. The van der Waals surface area contributed by atoms with Gasteiger partial charge in [0.25, 0.3) is 5.91 Å². The van der Waals surface area contributed by atoms with Crippen LogP contribution in [0.2, 0.25) is 0 Å². The van der Waals surface area contributed by atoms with Gasteiger partial charge in [0.05, 0.1) is 12.1 Å². The smallest absolute Gasteiger partial charge is 0.251 e. The minimum atomic E-state index is -0.553. The molecule has 1 aromatic heterocycles. The first-order valence-corrected chi connectivity index (χ1v) is 8.87. The Morgan fingerprint density at radius 3 is 2.67 bits per heavy atom. The third-order valence-corrected chi connectivity index (χ3v) is 4.51. The molecule has 128 valence electrons. The van der Waals surface area contributed by atoms with E-state index in [1.54, 1.807) is 11.4 Å². The first-order chi connectivity index (χ1) is 11.5. The van der Waals surface area contributed by atoms with Gasteiger partial charge in [0.2, 0.25) is 5.91 Å². The van der Waals surface area contributed by atoms with Gasteiger partial charge in [-0.3, -0.25) is 14.5 Å². The fourth-order valence-corrected chi connectivity index (χ4v) is 3.01. The lowest BCUT2D eigenvalue weighted by Crippen LogP contribution is -2.33. The summed E-state index contributed by atoms with van der Waals surface area (Å²) in [5.74, 6) is 0.0228. The molecule has 3 N–H and O–H groups in total. The first kappa shape index (κ1) is 18.4. The van der Waals surface area contributed by atoms with Crippen molar-refractivity contribution in [3.05, 3.63) is 45.7 Å². The Morgan fingerprint density at radius 2 is 2.00 bits per heavy atom. The number of likely N-dealkylation sites (N-methyl/N-ethyl adjacent to an activating group) is 1. The Hall–Kier alpha value is -1.90. The van der Waals surface area contributed by atoms with Crippen LogP contribution in [0, 0.1) is 0 Å². The third-order valence-electron chi connectivity index (χ3n) is 3.15. The average Bonchev–Trinajstić information content (AvgIpc) is 2.97. The van der Waals surface area contributed by atoms with Crippen LogP contribution in [0.5, 0.6) is 5.75 Å². The van der Waals surface area contributed by atoms with E-state index in [1.807, 2.05) is 36.2 Å². The van der Waals surface area contributed by atoms with Crippen LogP contribution in [0.4, 0.5) is 5.00 Å². The molecule has 0 aliphatic heterocycles. The highest BCUT2D eigenvalue weighted by molar-refractivity contribution is 9.10. The van der Waals surface area contributed by atoms with Gasteiger partial charge in [-0.05, 0) is 42.8 Å². The first-order valence-electron chi connectivity index (χ1n) is 7.20. The molecule has 24 heavy (non-hydrogen) atoms. The quantitative estimate of drug-likeness (QED) is 0.698. The van der Waals surface area contributed by atoms with E-state index in [0.29, 0.717) is 23.7 Å². The Labute approximate surface area is 152 Å². The second-order valence-corrected chi connectivity index (χ2v) is 6.95. The van der Waals surface area contributed by atoms with E-state index in [4.69, 9.17) is 10.5 Å². The lowest BCUT2D eigenvalue weighted by atomic mass is 10.3. The molecule has 0 saturated carbocycles. The molecule has 0 aliphatic carbocycles. The van der Waals surface area contributed by atoms with Crippen LogP contribution < -0.4 is 15.8 Å². The zero-order valence-corrected chi connectivity index (χ0v) is 15.5. The molecule has 2 aromatic rings. The van der Waals surface area contributed by atoms with Crippen molar-refractivity contribution >= 4 is 44.1 Å². The number of benzene rings is 1. The van der Waals surface area contributed by atoms with Crippen LogP contribution in [0.15, 0.2) is 40.2 Å². The standard InChI is InChI=1S/C16H18BrN3O3S/c1-20(7-8-23-12-4-2-11(17)3-5-12)10-14(21)19-16-13(15(18)22)6-9-24-16/h2-6,9H,7-8,10H2,1H3,(H2,18,22)(H,19,21). The minimum Gasteiger partial charge on any atom is -0.492 e. The number of anilines is 1. The lowest BCUT2D eigenvalue weighted by molar-refractivity contribution is -0.117. The number of rotatable bonds is 8. The Bertz CT molecular complexity index is 703. The minimum absolute atomic E-state index is 0.194. The number of hydrogen-bond acceptors (Lipinski definition) is 5. The molecule has 0 radical (unpaired) electrons. The van der Waals surface area contributed by atoms with E-state index >= 15 is 0 Å². The van der Waals surface area contributed by atoms with E-state index in [0.717, 1.165) is 10.2 Å². The van der Waals surface area contributed by atoms with Crippen molar-refractivity contribution in [1.29, 1.82) is 0 Å². The third kappa shape index (κ3) is 5.63. The molecule has 0 saturated heterocycles. The van der Waals surface area contributed by atoms with Gasteiger partial charge < -0.3 is 15.8 Å².